The number of hydrogen-bond donors (Lipinski definition) is 0. The van der Waals surface area contributed by atoms with Gasteiger partial charge < -0.3 is 14.5 Å². The molecule has 0 saturated carbocycles. The van der Waals surface area contributed by atoms with Gasteiger partial charge in [0.25, 0.3) is 0 Å². The number of halogens is 1. The Hall–Kier alpha value is -1.49. The number of aromatic nitrogens is 1. The molecule has 1 aromatic rings. The molecular formula is C17H26ClN3O2. The van der Waals surface area contributed by atoms with Crippen LogP contribution in [0.4, 0.5) is 10.5 Å². The molecule has 2 heterocycles. The van der Waals surface area contributed by atoms with Crippen molar-refractivity contribution in [2.24, 2.45) is 0 Å². The summed E-state index contributed by atoms with van der Waals surface area (Å²) in [5.41, 5.74) is 0.446. The van der Waals surface area contributed by atoms with E-state index in [0.717, 1.165) is 38.0 Å². The summed E-state index contributed by atoms with van der Waals surface area (Å²) >= 11 is 6.30. The molecule has 0 spiro atoms. The van der Waals surface area contributed by atoms with Gasteiger partial charge in [0.2, 0.25) is 0 Å². The molecule has 128 valence electrons. The molecule has 0 aromatic carbocycles. The normalized spacial score (nSPS) is 19.2. The molecule has 1 amide bonds. The van der Waals surface area contributed by atoms with E-state index in [0.29, 0.717) is 5.02 Å². The van der Waals surface area contributed by atoms with Crippen molar-refractivity contribution in [2.45, 2.75) is 51.7 Å². The molecule has 0 aliphatic carbocycles. The van der Waals surface area contributed by atoms with E-state index in [9.17, 15) is 4.79 Å². The second-order valence-electron chi connectivity index (χ2n) is 7.01. The first-order valence-electron chi connectivity index (χ1n) is 8.08. The third kappa shape index (κ3) is 4.99. The van der Waals surface area contributed by atoms with Gasteiger partial charge in [-0.2, -0.15) is 0 Å². The van der Waals surface area contributed by atoms with Crippen molar-refractivity contribution >= 4 is 23.4 Å². The molecule has 0 unspecified atom stereocenters. The Kier molecular flexibility index (Phi) is 5.74. The van der Waals surface area contributed by atoms with Gasteiger partial charge in [0, 0.05) is 26.3 Å². The van der Waals surface area contributed by atoms with E-state index in [2.05, 4.69) is 9.88 Å². The Morgan fingerprint density at radius 3 is 2.83 bits per heavy atom. The van der Waals surface area contributed by atoms with E-state index in [1.807, 2.05) is 27.8 Å². The zero-order valence-corrected chi connectivity index (χ0v) is 15.1. The lowest BCUT2D eigenvalue weighted by Crippen LogP contribution is -2.46. The minimum Gasteiger partial charge on any atom is -0.444 e. The Morgan fingerprint density at radius 2 is 2.17 bits per heavy atom. The van der Waals surface area contributed by atoms with E-state index >= 15 is 0 Å². The summed E-state index contributed by atoms with van der Waals surface area (Å²) < 4.78 is 5.49. The first-order chi connectivity index (χ1) is 10.8. The number of likely N-dealkylation sites (N-methyl/N-ethyl adjacent to an activating group) is 1. The first kappa shape index (κ1) is 17.9. The zero-order valence-electron chi connectivity index (χ0n) is 14.4. The second-order valence-corrected chi connectivity index (χ2v) is 7.42. The van der Waals surface area contributed by atoms with Crippen LogP contribution in [0.25, 0.3) is 0 Å². The van der Waals surface area contributed by atoms with Crippen molar-refractivity contribution in [2.75, 3.05) is 25.0 Å². The highest BCUT2D eigenvalue weighted by Crippen LogP contribution is 2.27. The largest absolute Gasteiger partial charge is 0.444 e. The molecule has 1 aromatic heterocycles. The molecule has 5 nitrogen and oxygen atoms in total. The topological polar surface area (TPSA) is 45.7 Å². The average molecular weight is 340 g/mol. The fraction of sp³-hybridized carbons (Fsp3) is 0.647. The van der Waals surface area contributed by atoms with Crippen LogP contribution in [0.15, 0.2) is 18.5 Å². The predicted molar refractivity (Wildman–Crippen MR) is 93.1 cm³/mol. The Labute approximate surface area is 143 Å². The number of carbonyl (C=O) groups excluding carboxylic acids is 1. The molecule has 1 fully saturated rings. The van der Waals surface area contributed by atoms with Crippen LogP contribution in [-0.2, 0) is 4.74 Å². The van der Waals surface area contributed by atoms with Gasteiger partial charge in [-0.25, -0.2) is 4.79 Å². The van der Waals surface area contributed by atoms with Crippen LogP contribution >= 0.6 is 11.6 Å². The Bertz CT molecular complexity index is 545. The SMILES string of the molecule is CN(C(=O)OC(C)(C)C)[C@@H]1CCCCN(c2cnccc2Cl)C1. The molecule has 1 saturated heterocycles. The van der Waals surface area contributed by atoms with Gasteiger partial charge in [-0.05, 0) is 46.1 Å². The van der Waals surface area contributed by atoms with Crippen LogP contribution in [-0.4, -0.2) is 47.8 Å². The maximum absolute atomic E-state index is 12.3. The summed E-state index contributed by atoms with van der Waals surface area (Å²) in [5, 5.41) is 0.695. The van der Waals surface area contributed by atoms with Gasteiger partial charge in [-0.3, -0.25) is 4.98 Å². The van der Waals surface area contributed by atoms with Crippen LogP contribution in [0.3, 0.4) is 0 Å². The van der Waals surface area contributed by atoms with E-state index in [1.54, 1.807) is 23.4 Å². The molecule has 1 atom stereocenters. The van der Waals surface area contributed by atoms with E-state index in [-0.39, 0.29) is 12.1 Å². The highest BCUT2D eigenvalue weighted by Gasteiger charge is 2.28. The summed E-state index contributed by atoms with van der Waals surface area (Å²) in [5.74, 6) is 0. The van der Waals surface area contributed by atoms with Gasteiger partial charge in [0.1, 0.15) is 5.60 Å². The summed E-state index contributed by atoms with van der Waals surface area (Å²) in [6.45, 7) is 7.31. The number of carbonyl (C=O) groups is 1. The van der Waals surface area contributed by atoms with Gasteiger partial charge in [0.15, 0.2) is 0 Å². The van der Waals surface area contributed by atoms with E-state index in [4.69, 9.17) is 16.3 Å². The minimum atomic E-state index is -0.484. The van der Waals surface area contributed by atoms with Crippen LogP contribution in [0, 0.1) is 0 Å². The van der Waals surface area contributed by atoms with Crippen molar-refractivity contribution < 1.29 is 9.53 Å². The molecule has 0 bridgehead atoms. The lowest BCUT2D eigenvalue weighted by molar-refractivity contribution is 0.0222. The van der Waals surface area contributed by atoms with Crippen LogP contribution in [0.2, 0.25) is 5.02 Å². The van der Waals surface area contributed by atoms with E-state index < -0.39 is 5.60 Å². The zero-order chi connectivity index (χ0) is 17.0. The number of amides is 1. The highest BCUT2D eigenvalue weighted by atomic mass is 35.5. The predicted octanol–water partition coefficient (Wildman–Crippen LogP) is 3.96. The minimum absolute atomic E-state index is 0.101. The highest BCUT2D eigenvalue weighted by molar-refractivity contribution is 6.33. The maximum atomic E-state index is 12.3. The fourth-order valence-electron chi connectivity index (χ4n) is 2.74. The van der Waals surface area contributed by atoms with Crippen molar-refractivity contribution in [1.82, 2.24) is 9.88 Å². The quantitative estimate of drug-likeness (QED) is 0.818. The van der Waals surface area contributed by atoms with E-state index in [1.165, 1.54) is 0 Å². The maximum Gasteiger partial charge on any atom is 0.410 e. The van der Waals surface area contributed by atoms with Crippen molar-refractivity contribution in [3.05, 3.63) is 23.5 Å². The van der Waals surface area contributed by atoms with Crippen molar-refractivity contribution in [1.29, 1.82) is 0 Å². The lowest BCUT2D eigenvalue weighted by Gasteiger charge is -2.33. The standard InChI is InChI=1S/C17H26ClN3O2/c1-17(2,3)23-16(22)20(4)13-7-5-6-10-21(12-13)15-11-19-9-8-14(15)18/h8-9,11,13H,5-7,10,12H2,1-4H3/t13-/m1/s1. The summed E-state index contributed by atoms with van der Waals surface area (Å²) in [6, 6.07) is 1.90. The smallest absolute Gasteiger partial charge is 0.410 e. The number of hydrogen-bond acceptors (Lipinski definition) is 4. The average Bonchev–Trinajstić information content (AvgIpc) is 2.71. The van der Waals surface area contributed by atoms with Gasteiger partial charge in [0.05, 0.1) is 22.9 Å². The molecule has 0 radical (unpaired) electrons. The van der Waals surface area contributed by atoms with Gasteiger partial charge in [-0.1, -0.05) is 11.6 Å². The van der Waals surface area contributed by atoms with Crippen molar-refractivity contribution in [3.8, 4) is 0 Å². The van der Waals surface area contributed by atoms with Gasteiger partial charge in [-0.15, -0.1) is 0 Å². The van der Waals surface area contributed by atoms with Crippen LogP contribution < -0.4 is 4.90 Å². The summed E-state index contributed by atoms with van der Waals surface area (Å²) in [7, 11) is 1.81. The van der Waals surface area contributed by atoms with Crippen molar-refractivity contribution in [3.63, 3.8) is 0 Å². The first-order valence-corrected chi connectivity index (χ1v) is 8.46. The Morgan fingerprint density at radius 1 is 1.43 bits per heavy atom. The lowest BCUT2D eigenvalue weighted by atomic mass is 10.1. The third-order valence-electron chi connectivity index (χ3n) is 3.96. The molecule has 23 heavy (non-hydrogen) atoms. The molecule has 2 rings (SSSR count). The number of rotatable bonds is 2. The van der Waals surface area contributed by atoms with Crippen LogP contribution in [0.5, 0.6) is 0 Å². The fourth-order valence-corrected chi connectivity index (χ4v) is 2.96. The molecule has 6 heteroatoms. The molecule has 0 N–H and O–H groups in total. The molecular weight excluding hydrogens is 314 g/mol. The Balaban J connectivity index is 2.10. The number of nitrogens with zero attached hydrogens (tertiary/aromatic N) is 3. The van der Waals surface area contributed by atoms with Crippen LogP contribution in [0.1, 0.15) is 40.0 Å². The number of anilines is 1. The number of pyridine rings is 1. The monoisotopic (exact) mass is 339 g/mol. The second kappa shape index (κ2) is 7.39. The molecule has 1 aliphatic rings. The third-order valence-corrected chi connectivity index (χ3v) is 4.28. The summed E-state index contributed by atoms with van der Waals surface area (Å²) in [6.07, 6.45) is 6.31. The summed E-state index contributed by atoms with van der Waals surface area (Å²) in [4.78, 5) is 20.4. The van der Waals surface area contributed by atoms with Gasteiger partial charge >= 0.3 is 6.09 Å². The molecule has 1 aliphatic heterocycles. The number of ether oxygens (including phenoxy) is 1.